The number of hydrogen-bond acceptors (Lipinski definition) is 7. The summed E-state index contributed by atoms with van der Waals surface area (Å²) < 4.78 is 47.0. The van der Waals surface area contributed by atoms with E-state index in [1.807, 2.05) is 18.4 Å². The van der Waals surface area contributed by atoms with E-state index in [9.17, 15) is 27.9 Å². The van der Waals surface area contributed by atoms with Gasteiger partial charge in [0.1, 0.15) is 23.7 Å². The lowest BCUT2D eigenvalue weighted by Crippen LogP contribution is -2.43. The number of nitrogens with zero attached hydrogens (tertiary/aromatic N) is 2. The van der Waals surface area contributed by atoms with Crippen molar-refractivity contribution in [3.63, 3.8) is 0 Å². The first-order valence-corrected chi connectivity index (χ1v) is 11.8. The number of hydrogen-bond donors (Lipinski definition) is 2. The maximum atomic E-state index is 14.1. The van der Waals surface area contributed by atoms with Crippen LogP contribution in [-0.2, 0) is 14.3 Å². The second kappa shape index (κ2) is 9.63. The molecule has 0 bridgehead atoms. The van der Waals surface area contributed by atoms with Crippen molar-refractivity contribution in [2.75, 3.05) is 20.2 Å². The number of carboxylic acids is 1. The summed E-state index contributed by atoms with van der Waals surface area (Å²) in [5, 5.41) is 14.5. The molecule has 3 heterocycles. The van der Waals surface area contributed by atoms with Gasteiger partial charge < -0.3 is 15.2 Å². The van der Waals surface area contributed by atoms with Crippen molar-refractivity contribution in [1.82, 2.24) is 10.2 Å². The molecule has 35 heavy (non-hydrogen) atoms. The van der Waals surface area contributed by atoms with Gasteiger partial charge in [-0.05, 0) is 36.1 Å². The molecule has 1 aromatic heterocycles. The van der Waals surface area contributed by atoms with E-state index >= 15 is 0 Å². The number of thiophene rings is 1. The molecule has 2 aromatic rings. The number of carbonyl (C=O) groups excluding carboxylic acids is 1. The van der Waals surface area contributed by atoms with E-state index in [0.717, 1.165) is 23.6 Å². The normalized spacial score (nSPS) is 22.1. The van der Waals surface area contributed by atoms with Gasteiger partial charge in [-0.2, -0.15) is 0 Å². The molecule has 0 spiro atoms. The number of aliphatic imine (C=N–C) groups is 1. The second-order valence-corrected chi connectivity index (χ2v) is 9.68. The number of methoxy groups -OCH3 is 1. The van der Waals surface area contributed by atoms with Crippen molar-refractivity contribution in [2.24, 2.45) is 4.99 Å². The van der Waals surface area contributed by atoms with E-state index in [4.69, 9.17) is 16.3 Å². The SMILES string of the molecule is COC(=O)C1=C(CN2CC(F)(F)CC2C(=O)O)NC(c2cc(C)cs2)=NC1c1ccc(F)cc1Cl. The molecule has 2 unspecified atom stereocenters. The van der Waals surface area contributed by atoms with Gasteiger partial charge in [-0.1, -0.05) is 17.7 Å². The lowest BCUT2D eigenvalue weighted by molar-refractivity contribution is -0.142. The van der Waals surface area contributed by atoms with E-state index < -0.39 is 48.7 Å². The average molecular weight is 528 g/mol. The molecule has 2 atom stereocenters. The van der Waals surface area contributed by atoms with Crippen molar-refractivity contribution in [3.05, 3.63) is 67.8 Å². The van der Waals surface area contributed by atoms with Crippen LogP contribution < -0.4 is 5.32 Å². The first kappa shape index (κ1) is 25.2. The lowest BCUT2D eigenvalue weighted by Gasteiger charge is -2.30. The Balaban J connectivity index is 1.85. The smallest absolute Gasteiger partial charge is 0.338 e. The van der Waals surface area contributed by atoms with Gasteiger partial charge in [0.2, 0.25) is 0 Å². The Bertz CT molecular complexity index is 1250. The molecule has 0 saturated carbocycles. The Morgan fingerprint density at radius 1 is 1.37 bits per heavy atom. The van der Waals surface area contributed by atoms with E-state index in [0.29, 0.717) is 16.3 Å². The van der Waals surface area contributed by atoms with Crippen molar-refractivity contribution < 1.29 is 32.6 Å². The zero-order valence-corrected chi connectivity index (χ0v) is 20.2. The fourth-order valence-electron chi connectivity index (χ4n) is 4.20. The van der Waals surface area contributed by atoms with Gasteiger partial charge in [0.05, 0.1) is 24.1 Å². The second-order valence-electron chi connectivity index (χ2n) is 8.36. The van der Waals surface area contributed by atoms with Crippen LogP contribution in [0.5, 0.6) is 0 Å². The highest BCUT2D eigenvalue weighted by Crippen LogP contribution is 2.38. The van der Waals surface area contributed by atoms with Crippen molar-refractivity contribution >= 4 is 40.7 Å². The van der Waals surface area contributed by atoms with Crippen LogP contribution in [0.2, 0.25) is 5.02 Å². The molecule has 12 heteroatoms. The fraction of sp³-hybridized carbons (Fsp3) is 0.348. The number of carboxylic acid groups (broad SMARTS) is 1. The minimum absolute atomic E-state index is 0.0132. The number of halogens is 4. The summed E-state index contributed by atoms with van der Waals surface area (Å²) in [4.78, 5) is 31.1. The van der Waals surface area contributed by atoms with Crippen LogP contribution in [0.15, 0.2) is 45.9 Å². The number of rotatable bonds is 6. The number of alkyl halides is 2. The van der Waals surface area contributed by atoms with E-state index in [1.165, 1.54) is 23.5 Å². The van der Waals surface area contributed by atoms with Crippen LogP contribution in [0.4, 0.5) is 13.2 Å². The molecule has 4 rings (SSSR count). The van der Waals surface area contributed by atoms with Gasteiger partial charge >= 0.3 is 11.9 Å². The van der Waals surface area contributed by atoms with Gasteiger partial charge in [-0.3, -0.25) is 14.7 Å². The number of nitrogens with one attached hydrogen (secondary N) is 1. The van der Waals surface area contributed by atoms with Crippen molar-refractivity contribution in [3.8, 4) is 0 Å². The molecule has 1 fully saturated rings. The molecule has 2 N–H and O–H groups in total. The zero-order chi connectivity index (χ0) is 25.5. The minimum atomic E-state index is -3.20. The highest BCUT2D eigenvalue weighted by atomic mass is 35.5. The maximum absolute atomic E-state index is 14.1. The van der Waals surface area contributed by atoms with Crippen LogP contribution in [0.25, 0.3) is 0 Å². The highest BCUT2D eigenvalue weighted by Gasteiger charge is 2.49. The third-order valence-electron chi connectivity index (χ3n) is 5.77. The number of benzene rings is 1. The lowest BCUT2D eigenvalue weighted by atomic mass is 9.95. The third-order valence-corrected chi connectivity index (χ3v) is 7.15. The van der Waals surface area contributed by atoms with Crippen LogP contribution in [-0.4, -0.2) is 59.9 Å². The standard InChI is InChI=1S/C23H21ClF3N3O4S/c1-11-5-17(35-9-11)20-28-15(8-30-10-23(26,27)7-16(30)21(31)32)18(22(33)34-2)19(29-20)13-4-3-12(25)6-14(13)24/h3-6,9,16,19H,7-8,10H2,1-2H3,(H,28,29)(H,31,32). The largest absolute Gasteiger partial charge is 0.480 e. The average Bonchev–Trinajstić information content (AvgIpc) is 3.35. The molecule has 186 valence electrons. The van der Waals surface area contributed by atoms with E-state index in [2.05, 4.69) is 10.3 Å². The Labute approximate surface area is 207 Å². The van der Waals surface area contributed by atoms with Gasteiger partial charge in [-0.15, -0.1) is 11.3 Å². The van der Waals surface area contributed by atoms with Gasteiger partial charge in [0.15, 0.2) is 0 Å². The number of likely N-dealkylation sites (tertiary alicyclic amines) is 1. The number of aliphatic carboxylic acids is 1. The van der Waals surface area contributed by atoms with Gasteiger partial charge in [-0.25, -0.2) is 18.0 Å². The monoisotopic (exact) mass is 527 g/mol. The highest BCUT2D eigenvalue weighted by molar-refractivity contribution is 7.12. The Hall–Kier alpha value is -2.89. The van der Waals surface area contributed by atoms with Crippen LogP contribution in [0.1, 0.15) is 28.5 Å². The molecule has 0 aliphatic carbocycles. The Kier molecular flexibility index (Phi) is 6.94. The summed E-state index contributed by atoms with van der Waals surface area (Å²) >= 11 is 7.68. The molecule has 7 nitrogen and oxygen atoms in total. The number of ether oxygens (including phenoxy) is 1. The molecule has 1 aromatic carbocycles. The Morgan fingerprint density at radius 3 is 2.71 bits per heavy atom. The molecular formula is C23H21ClF3N3O4S. The minimum Gasteiger partial charge on any atom is -0.480 e. The van der Waals surface area contributed by atoms with Crippen molar-refractivity contribution in [2.45, 2.75) is 31.4 Å². The number of carbonyl (C=O) groups is 2. The van der Waals surface area contributed by atoms with Gasteiger partial charge in [0, 0.05) is 29.2 Å². The first-order valence-electron chi connectivity index (χ1n) is 10.5. The molecule has 1 saturated heterocycles. The predicted octanol–water partition coefficient (Wildman–Crippen LogP) is 4.16. The van der Waals surface area contributed by atoms with Gasteiger partial charge in [0.25, 0.3) is 5.92 Å². The van der Waals surface area contributed by atoms with Crippen LogP contribution in [0, 0.1) is 12.7 Å². The number of amidine groups is 1. The van der Waals surface area contributed by atoms with E-state index in [-0.39, 0.29) is 22.8 Å². The van der Waals surface area contributed by atoms with Crippen LogP contribution >= 0.6 is 22.9 Å². The number of esters is 1. The summed E-state index contributed by atoms with van der Waals surface area (Å²) in [6.07, 6.45) is -0.846. The Morgan fingerprint density at radius 2 is 2.11 bits per heavy atom. The summed E-state index contributed by atoms with van der Waals surface area (Å²) in [6, 6.07) is 3.00. The molecule has 2 aliphatic heterocycles. The summed E-state index contributed by atoms with van der Waals surface area (Å²) in [7, 11) is 1.15. The van der Waals surface area contributed by atoms with Crippen molar-refractivity contribution in [1.29, 1.82) is 0 Å². The molecular weight excluding hydrogens is 507 g/mol. The quantitative estimate of drug-likeness (QED) is 0.548. The molecule has 0 radical (unpaired) electrons. The third kappa shape index (κ3) is 5.21. The zero-order valence-electron chi connectivity index (χ0n) is 18.6. The van der Waals surface area contributed by atoms with E-state index in [1.54, 1.807) is 0 Å². The summed E-state index contributed by atoms with van der Waals surface area (Å²) in [5.74, 6) is -5.64. The predicted molar refractivity (Wildman–Crippen MR) is 124 cm³/mol. The fourth-order valence-corrected chi connectivity index (χ4v) is 5.32. The summed E-state index contributed by atoms with van der Waals surface area (Å²) in [5.41, 5.74) is 1.39. The summed E-state index contributed by atoms with van der Waals surface area (Å²) in [6.45, 7) is 0.782. The van der Waals surface area contributed by atoms with Crippen LogP contribution in [0.3, 0.4) is 0 Å². The molecule has 2 aliphatic rings. The topological polar surface area (TPSA) is 91.2 Å². The first-order chi connectivity index (χ1) is 16.5. The maximum Gasteiger partial charge on any atom is 0.338 e. The number of aryl methyl sites for hydroxylation is 1. The molecule has 0 amide bonds.